The fourth-order valence-corrected chi connectivity index (χ4v) is 3.62. The predicted molar refractivity (Wildman–Crippen MR) is 94.5 cm³/mol. The summed E-state index contributed by atoms with van der Waals surface area (Å²) in [5.74, 6) is -0.615. The third-order valence-electron chi connectivity index (χ3n) is 2.98. The number of carbonyl (C=O) groups excluding carboxylic acids is 1. The number of rotatable bonds is 6. The van der Waals surface area contributed by atoms with E-state index in [9.17, 15) is 18.0 Å². The molecule has 0 aliphatic rings. The van der Waals surface area contributed by atoms with Crippen molar-refractivity contribution in [2.75, 3.05) is 6.26 Å². The summed E-state index contributed by atoms with van der Waals surface area (Å²) in [6.45, 7) is -0.406. The lowest BCUT2D eigenvalue weighted by Gasteiger charge is -2.09. The van der Waals surface area contributed by atoms with Gasteiger partial charge in [0.05, 0.1) is 11.4 Å². The zero-order valence-electron chi connectivity index (χ0n) is 12.7. The topological polar surface area (TPSA) is 46.9 Å². The van der Waals surface area contributed by atoms with Crippen molar-refractivity contribution in [1.29, 1.82) is 0 Å². The zero-order valence-corrected chi connectivity index (χ0v) is 15.9. The number of imidazole rings is 1. The molecule has 2 aromatic rings. The fourth-order valence-electron chi connectivity index (χ4n) is 1.82. The first kappa shape index (κ1) is 20.3. The summed E-state index contributed by atoms with van der Waals surface area (Å²) in [4.78, 5) is 16.9. The summed E-state index contributed by atoms with van der Waals surface area (Å²) in [5.41, 5.74) is -0.132. The normalized spacial score (nSPS) is 11.6. The van der Waals surface area contributed by atoms with Crippen LogP contribution in [0, 0.1) is 0 Å². The van der Waals surface area contributed by atoms with Gasteiger partial charge in [0, 0.05) is 11.4 Å². The van der Waals surface area contributed by atoms with Gasteiger partial charge in [0.1, 0.15) is 5.15 Å². The van der Waals surface area contributed by atoms with Crippen LogP contribution in [0.15, 0.2) is 34.3 Å². The second kappa shape index (κ2) is 8.57. The van der Waals surface area contributed by atoms with E-state index in [2.05, 4.69) is 9.71 Å². The number of nitrogens with one attached hydrogen (secondary N) is 1. The minimum absolute atomic E-state index is 0.132. The molecule has 1 aromatic carbocycles. The first-order chi connectivity index (χ1) is 11.7. The number of hydrogen-bond donors (Lipinski definition) is 1. The monoisotopic (exact) mass is 429 g/mol. The number of aromatic nitrogens is 2. The lowest BCUT2D eigenvalue weighted by atomic mass is 10.4. The van der Waals surface area contributed by atoms with Crippen LogP contribution >= 0.6 is 46.9 Å². The molecule has 25 heavy (non-hydrogen) atoms. The van der Waals surface area contributed by atoms with Crippen LogP contribution in [-0.2, 0) is 6.54 Å². The van der Waals surface area contributed by atoms with E-state index in [1.807, 2.05) is 0 Å². The SMILES string of the molecule is CSc1nc(C(=O)NSc2ccccc2Cl)c(Cl)n1CCC(F)(F)F. The molecule has 0 aliphatic carbocycles. The Kier molecular flexibility index (Phi) is 6.95. The Morgan fingerprint density at radius 1 is 1.32 bits per heavy atom. The number of benzene rings is 1. The third-order valence-corrected chi connectivity index (χ3v) is 5.34. The van der Waals surface area contributed by atoms with Crippen molar-refractivity contribution in [3.63, 3.8) is 0 Å². The molecular weight excluding hydrogens is 418 g/mol. The molecule has 0 aliphatic heterocycles. The number of nitrogens with zero attached hydrogens (tertiary/aromatic N) is 2. The maximum absolute atomic E-state index is 12.4. The van der Waals surface area contributed by atoms with Crippen molar-refractivity contribution in [2.45, 2.75) is 29.2 Å². The minimum Gasteiger partial charge on any atom is -0.309 e. The Balaban J connectivity index is 2.14. The van der Waals surface area contributed by atoms with Gasteiger partial charge in [0.2, 0.25) is 0 Å². The van der Waals surface area contributed by atoms with Crippen molar-refractivity contribution in [2.24, 2.45) is 0 Å². The summed E-state index contributed by atoms with van der Waals surface area (Å²) < 4.78 is 41.0. The third kappa shape index (κ3) is 5.47. The largest absolute Gasteiger partial charge is 0.390 e. The van der Waals surface area contributed by atoms with Gasteiger partial charge in [0.15, 0.2) is 10.9 Å². The molecule has 0 fully saturated rings. The van der Waals surface area contributed by atoms with Gasteiger partial charge in [-0.3, -0.25) is 9.52 Å². The Hall–Kier alpha value is -1.03. The molecule has 0 radical (unpaired) electrons. The van der Waals surface area contributed by atoms with Crippen molar-refractivity contribution < 1.29 is 18.0 Å². The van der Waals surface area contributed by atoms with Crippen LogP contribution in [-0.4, -0.2) is 27.9 Å². The van der Waals surface area contributed by atoms with Crippen LogP contribution in [0.4, 0.5) is 13.2 Å². The van der Waals surface area contributed by atoms with Gasteiger partial charge in [-0.25, -0.2) is 4.98 Å². The number of hydrogen-bond acceptors (Lipinski definition) is 4. The molecule has 1 N–H and O–H groups in total. The lowest BCUT2D eigenvalue weighted by Crippen LogP contribution is -2.17. The van der Waals surface area contributed by atoms with E-state index in [-0.39, 0.29) is 16.0 Å². The summed E-state index contributed by atoms with van der Waals surface area (Å²) in [6, 6.07) is 6.88. The smallest absolute Gasteiger partial charge is 0.309 e. The number of amides is 1. The highest BCUT2D eigenvalue weighted by Gasteiger charge is 2.29. The molecule has 2 rings (SSSR count). The van der Waals surface area contributed by atoms with E-state index in [4.69, 9.17) is 23.2 Å². The average Bonchev–Trinajstić information content (AvgIpc) is 2.87. The van der Waals surface area contributed by atoms with Gasteiger partial charge in [-0.15, -0.1) is 0 Å². The lowest BCUT2D eigenvalue weighted by molar-refractivity contribution is -0.137. The number of alkyl halides is 3. The van der Waals surface area contributed by atoms with Gasteiger partial charge in [0.25, 0.3) is 5.91 Å². The fraction of sp³-hybridized carbons (Fsp3) is 0.286. The van der Waals surface area contributed by atoms with E-state index < -0.39 is 25.0 Å². The van der Waals surface area contributed by atoms with Crippen LogP contribution in [0.5, 0.6) is 0 Å². The van der Waals surface area contributed by atoms with Crippen LogP contribution < -0.4 is 4.72 Å². The Labute approximate surface area is 160 Å². The maximum atomic E-state index is 12.4. The van der Waals surface area contributed by atoms with Crippen LogP contribution in [0.3, 0.4) is 0 Å². The van der Waals surface area contributed by atoms with Crippen molar-refractivity contribution in [3.8, 4) is 0 Å². The molecule has 4 nitrogen and oxygen atoms in total. The van der Waals surface area contributed by atoms with E-state index in [1.165, 1.54) is 4.57 Å². The molecule has 11 heteroatoms. The zero-order chi connectivity index (χ0) is 18.6. The number of halogens is 5. The van der Waals surface area contributed by atoms with E-state index in [0.29, 0.717) is 9.92 Å². The summed E-state index contributed by atoms with van der Waals surface area (Å²) >= 11 is 14.1. The quantitative estimate of drug-likeness (QED) is 0.499. The molecule has 1 amide bonds. The van der Waals surface area contributed by atoms with Crippen molar-refractivity contribution in [3.05, 3.63) is 40.1 Å². The molecule has 0 saturated heterocycles. The highest BCUT2D eigenvalue weighted by molar-refractivity contribution is 7.98. The molecule has 0 saturated carbocycles. The van der Waals surface area contributed by atoms with Gasteiger partial charge < -0.3 is 4.57 Å². The standard InChI is InChI=1S/C14H12Cl2F3N3OS2/c1-24-13-20-10(11(16)22(13)7-6-14(17,18)19)12(23)21-25-9-5-3-2-4-8(9)15/h2-5H,6-7H2,1H3,(H,21,23). The average molecular weight is 430 g/mol. The number of carbonyl (C=O) groups is 1. The Morgan fingerprint density at radius 3 is 2.60 bits per heavy atom. The van der Waals surface area contributed by atoms with Crippen molar-refractivity contribution >= 4 is 52.8 Å². The van der Waals surface area contributed by atoms with E-state index in [0.717, 1.165) is 23.7 Å². The van der Waals surface area contributed by atoms with Gasteiger partial charge in [-0.05, 0) is 30.3 Å². The second-order valence-corrected chi connectivity index (χ2v) is 7.11. The summed E-state index contributed by atoms with van der Waals surface area (Å²) in [5, 5.41) is 0.562. The molecule has 1 heterocycles. The number of thioether (sulfide) groups is 1. The first-order valence-corrected chi connectivity index (χ1v) is 9.61. The van der Waals surface area contributed by atoms with Crippen LogP contribution in [0.2, 0.25) is 10.2 Å². The molecule has 0 atom stereocenters. The molecule has 136 valence electrons. The molecule has 0 spiro atoms. The van der Waals surface area contributed by atoms with Gasteiger partial charge in [-0.2, -0.15) is 13.2 Å². The summed E-state index contributed by atoms with van der Waals surface area (Å²) in [7, 11) is 0. The first-order valence-electron chi connectivity index (χ1n) is 6.81. The van der Waals surface area contributed by atoms with Gasteiger partial charge in [-0.1, -0.05) is 47.1 Å². The molecule has 0 unspecified atom stereocenters. The minimum atomic E-state index is -4.33. The van der Waals surface area contributed by atoms with Gasteiger partial charge >= 0.3 is 6.18 Å². The van der Waals surface area contributed by atoms with E-state index >= 15 is 0 Å². The van der Waals surface area contributed by atoms with Crippen LogP contribution in [0.25, 0.3) is 0 Å². The summed E-state index contributed by atoms with van der Waals surface area (Å²) in [6.07, 6.45) is -3.75. The van der Waals surface area contributed by atoms with E-state index in [1.54, 1.807) is 30.5 Å². The molecular formula is C14H12Cl2F3N3OS2. The maximum Gasteiger partial charge on any atom is 0.390 e. The highest BCUT2D eigenvalue weighted by atomic mass is 35.5. The Morgan fingerprint density at radius 2 is 2.00 bits per heavy atom. The molecule has 0 bridgehead atoms. The molecule has 1 aromatic heterocycles. The second-order valence-electron chi connectivity index (χ2n) is 4.72. The van der Waals surface area contributed by atoms with Crippen LogP contribution in [0.1, 0.15) is 16.9 Å². The Bertz CT molecular complexity index is 768. The highest BCUT2D eigenvalue weighted by Crippen LogP contribution is 2.29. The van der Waals surface area contributed by atoms with Crippen molar-refractivity contribution in [1.82, 2.24) is 14.3 Å². The predicted octanol–water partition coefficient (Wildman–Crippen LogP) is 5.30.